The van der Waals surface area contributed by atoms with Crippen molar-refractivity contribution in [2.75, 3.05) is 24.7 Å². The molecule has 1 aliphatic rings. The van der Waals surface area contributed by atoms with Gasteiger partial charge in [0.1, 0.15) is 5.82 Å². The van der Waals surface area contributed by atoms with Gasteiger partial charge in [0, 0.05) is 37.6 Å². The summed E-state index contributed by atoms with van der Waals surface area (Å²) in [5.41, 5.74) is 1.80. The molecule has 0 saturated carbocycles. The lowest BCUT2D eigenvalue weighted by Crippen LogP contribution is -2.38. The van der Waals surface area contributed by atoms with Crippen LogP contribution in [-0.2, 0) is 10.0 Å². The van der Waals surface area contributed by atoms with E-state index < -0.39 is 10.0 Å². The minimum atomic E-state index is -3.19. The Morgan fingerprint density at radius 3 is 2.67 bits per heavy atom. The highest BCUT2D eigenvalue weighted by Crippen LogP contribution is 2.31. The third-order valence-electron chi connectivity index (χ3n) is 4.21. The van der Waals surface area contributed by atoms with E-state index in [9.17, 15) is 8.42 Å². The van der Waals surface area contributed by atoms with E-state index in [2.05, 4.69) is 20.3 Å². The first kappa shape index (κ1) is 16.8. The molecule has 1 unspecified atom stereocenters. The number of piperidine rings is 1. The molecular formula is C16H21N5O2S. The third kappa shape index (κ3) is 3.70. The summed E-state index contributed by atoms with van der Waals surface area (Å²) in [5, 5.41) is 3.24. The van der Waals surface area contributed by atoms with Crippen molar-refractivity contribution in [3.63, 3.8) is 0 Å². The molecule has 2 aromatic heterocycles. The Labute approximate surface area is 142 Å². The molecule has 1 fully saturated rings. The lowest BCUT2D eigenvalue weighted by Gasteiger charge is -2.31. The van der Waals surface area contributed by atoms with Crippen LogP contribution >= 0.6 is 0 Å². The van der Waals surface area contributed by atoms with Gasteiger partial charge in [0.15, 0.2) is 5.82 Å². The molecule has 3 rings (SSSR count). The normalized spacial score (nSPS) is 19.2. The van der Waals surface area contributed by atoms with Crippen molar-refractivity contribution in [2.45, 2.75) is 25.7 Å². The Morgan fingerprint density at radius 1 is 1.17 bits per heavy atom. The quantitative estimate of drug-likeness (QED) is 0.911. The van der Waals surface area contributed by atoms with Crippen molar-refractivity contribution < 1.29 is 8.42 Å². The topological polar surface area (TPSA) is 88.1 Å². The van der Waals surface area contributed by atoms with Crippen molar-refractivity contribution >= 4 is 21.7 Å². The van der Waals surface area contributed by atoms with Gasteiger partial charge in [-0.05, 0) is 31.4 Å². The number of nitrogens with zero attached hydrogens (tertiary/aromatic N) is 4. The van der Waals surface area contributed by atoms with Gasteiger partial charge in [-0.25, -0.2) is 22.7 Å². The number of sulfonamides is 1. The van der Waals surface area contributed by atoms with Crippen LogP contribution in [0.2, 0.25) is 0 Å². The second-order valence-electron chi connectivity index (χ2n) is 6.04. The molecule has 0 bridgehead atoms. The van der Waals surface area contributed by atoms with Crippen LogP contribution in [0.5, 0.6) is 0 Å². The molecule has 24 heavy (non-hydrogen) atoms. The summed E-state index contributed by atoms with van der Waals surface area (Å²) < 4.78 is 25.2. The summed E-state index contributed by atoms with van der Waals surface area (Å²) in [6.07, 6.45) is 7.95. The van der Waals surface area contributed by atoms with Crippen LogP contribution in [0.15, 0.2) is 30.7 Å². The van der Waals surface area contributed by atoms with Crippen LogP contribution < -0.4 is 5.32 Å². The number of nitrogens with one attached hydrogen (secondary N) is 1. The van der Waals surface area contributed by atoms with E-state index in [1.165, 1.54) is 10.6 Å². The van der Waals surface area contributed by atoms with E-state index in [1.807, 2.05) is 19.1 Å². The summed E-state index contributed by atoms with van der Waals surface area (Å²) in [5.74, 6) is 1.39. The van der Waals surface area contributed by atoms with Crippen molar-refractivity contribution in [3.05, 3.63) is 42.0 Å². The van der Waals surface area contributed by atoms with Crippen molar-refractivity contribution in [2.24, 2.45) is 0 Å². The molecule has 1 N–H and O–H groups in total. The van der Waals surface area contributed by atoms with Crippen LogP contribution in [0.4, 0.5) is 11.6 Å². The van der Waals surface area contributed by atoms with Gasteiger partial charge in [-0.15, -0.1) is 0 Å². The average Bonchev–Trinajstić information content (AvgIpc) is 2.57. The lowest BCUT2D eigenvalue weighted by atomic mass is 9.95. The van der Waals surface area contributed by atoms with Crippen LogP contribution in [0, 0.1) is 6.92 Å². The number of rotatable bonds is 4. The molecule has 1 atom stereocenters. The van der Waals surface area contributed by atoms with Gasteiger partial charge in [0.25, 0.3) is 0 Å². The second kappa shape index (κ2) is 6.82. The Hall–Kier alpha value is -2.06. The van der Waals surface area contributed by atoms with Crippen LogP contribution in [0.25, 0.3) is 0 Å². The largest absolute Gasteiger partial charge is 0.323 e. The molecule has 2 aromatic rings. The Kier molecular flexibility index (Phi) is 4.77. The molecule has 0 aromatic carbocycles. The van der Waals surface area contributed by atoms with E-state index in [4.69, 9.17) is 0 Å². The molecule has 1 aliphatic heterocycles. The number of aromatic nitrogens is 3. The maximum absolute atomic E-state index is 11.8. The van der Waals surface area contributed by atoms with Gasteiger partial charge >= 0.3 is 0 Å². The van der Waals surface area contributed by atoms with E-state index >= 15 is 0 Å². The zero-order valence-corrected chi connectivity index (χ0v) is 14.6. The van der Waals surface area contributed by atoms with Gasteiger partial charge in [-0.3, -0.25) is 4.98 Å². The number of hydrogen-bond acceptors (Lipinski definition) is 6. The van der Waals surface area contributed by atoms with Gasteiger partial charge in [-0.1, -0.05) is 6.07 Å². The highest BCUT2D eigenvalue weighted by atomic mass is 32.2. The first-order valence-electron chi connectivity index (χ1n) is 7.90. The molecule has 0 radical (unpaired) electrons. The van der Waals surface area contributed by atoms with E-state index in [0.29, 0.717) is 18.9 Å². The summed E-state index contributed by atoms with van der Waals surface area (Å²) in [4.78, 5) is 13.2. The number of aryl methyl sites for hydroxylation is 1. The Balaban J connectivity index is 1.88. The SMILES string of the molecule is Cc1cccnc1Nc1nccnc1C1CCCN(S(C)(=O)=O)C1. The van der Waals surface area contributed by atoms with E-state index in [1.54, 1.807) is 18.6 Å². The second-order valence-corrected chi connectivity index (χ2v) is 8.03. The molecule has 8 heteroatoms. The third-order valence-corrected chi connectivity index (χ3v) is 5.48. The zero-order valence-electron chi connectivity index (χ0n) is 13.8. The highest BCUT2D eigenvalue weighted by Gasteiger charge is 2.29. The molecule has 0 spiro atoms. The Morgan fingerprint density at radius 2 is 1.92 bits per heavy atom. The molecule has 128 valence electrons. The molecule has 7 nitrogen and oxygen atoms in total. The predicted octanol–water partition coefficient (Wildman–Crippen LogP) is 2.06. The van der Waals surface area contributed by atoms with E-state index in [-0.39, 0.29) is 5.92 Å². The molecule has 0 amide bonds. The van der Waals surface area contributed by atoms with Gasteiger partial charge in [-0.2, -0.15) is 0 Å². The molecular weight excluding hydrogens is 326 g/mol. The smallest absolute Gasteiger partial charge is 0.211 e. The fourth-order valence-electron chi connectivity index (χ4n) is 2.94. The molecule has 3 heterocycles. The molecule has 1 saturated heterocycles. The Bertz CT molecular complexity index is 825. The van der Waals surface area contributed by atoms with Crippen LogP contribution in [-0.4, -0.2) is 47.0 Å². The fraction of sp³-hybridized carbons (Fsp3) is 0.438. The summed E-state index contributed by atoms with van der Waals surface area (Å²) >= 11 is 0. The molecule has 0 aliphatic carbocycles. The lowest BCUT2D eigenvalue weighted by molar-refractivity contribution is 0.314. The maximum atomic E-state index is 11.8. The highest BCUT2D eigenvalue weighted by molar-refractivity contribution is 7.88. The fourth-order valence-corrected chi connectivity index (χ4v) is 3.85. The van der Waals surface area contributed by atoms with Crippen molar-refractivity contribution in [1.82, 2.24) is 19.3 Å². The predicted molar refractivity (Wildman–Crippen MR) is 92.7 cm³/mol. The zero-order chi connectivity index (χ0) is 17.2. The van der Waals surface area contributed by atoms with E-state index in [0.717, 1.165) is 29.9 Å². The monoisotopic (exact) mass is 347 g/mol. The van der Waals surface area contributed by atoms with Gasteiger partial charge < -0.3 is 5.32 Å². The van der Waals surface area contributed by atoms with Crippen LogP contribution in [0.1, 0.15) is 30.0 Å². The van der Waals surface area contributed by atoms with Gasteiger partial charge in [0.2, 0.25) is 10.0 Å². The maximum Gasteiger partial charge on any atom is 0.211 e. The number of anilines is 2. The van der Waals surface area contributed by atoms with Crippen LogP contribution in [0.3, 0.4) is 0 Å². The summed E-state index contributed by atoms with van der Waals surface area (Å²) in [6.45, 7) is 2.97. The van der Waals surface area contributed by atoms with Crippen molar-refractivity contribution in [1.29, 1.82) is 0 Å². The number of pyridine rings is 1. The minimum Gasteiger partial charge on any atom is -0.323 e. The number of hydrogen-bond donors (Lipinski definition) is 1. The first-order valence-corrected chi connectivity index (χ1v) is 9.74. The van der Waals surface area contributed by atoms with Gasteiger partial charge in [0.05, 0.1) is 11.9 Å². The van der Waals surface area contributed by atoms with Crippen molar-refractivity contribution in [3.8, 4) is 0 Å². The minimum absolute atomic E-state index is 0.0219. The summed E-state index contributed by atoms with van der Waals surface area (Å²) in [7, 11) is -3.19. The average molecular weight is 347 g/mol. The first-order chi connectivity index (χ1) is 11.4. The summed E-state index contributed by atoms with van der Waals surface area (Å²) in [6, 6.07) is 3.85. The standard InChI is InChI=1S/C16H21N5O2S/c1-12-5-3-7-18-15(12)20-16-14(17-8-9-19-16)13-6-4-10-21(11-13)24(2,22)23/h3,5,7-9,13H,4,6,10-11H2,1-2H3,(H,18,19,20).